The predicted octanol–water partition coefficient (Wildman–Crippen LogP) is 3.81. The van der Waals surface area contributed by atoms with Crippen LogP contribution in [0, 0.1) is 0 Å². The molecule has 0 fully saturated rings. The summed E-state index contributed by atoms with van der Waals surface area (Å²) in [6.07, 6.45) is 6.93. The Balaban J connectivity index is 2.04. The van der Waals surface area contributed by atoms with E-state index in [-0.39, 0.29) is 0 Å². The third-order valence-electron chi connectivity index (χ3n) is 3.11. The van der Waals surface area contributed by atoms with E-state index in [0.29, 0.717) is 0 Å². The van der Waals surface area contributed by atoms with E-state index in [1.54, 1.807) is 0 Å². The van der Waals surface area contributed by atoms with Crippen LogP contribution < -0.4 is 11.1 Å². The van der Waals surface area contributed by atoms with Crippen LogP contribution in [-0.4, -0.2) is 11.5 Å². The number of benzene rings is 1. The minimum absolute atomic E-state index is 0.759. The molecule has 3 N–H and O–H groups in total. The van der Waals surface area contributed by atoms with Crippen LogP contribution in [0.15, 0.2) is 30.5 Å². The molecule has 0 atom stereocenters. The molecule has 0 saturated carbocycles. The maximum atomic E-state index is 5.77. The molecule has 1 heterocycles. The van der Waals surface area contributed by atoms with E-state index < -0.39 is 0 Å². The Labute approximate surface area is 108 Å². The number of pyridine rings is 1. The van der Waals surface area contributed by atoms with E-state index in [1.165, 1.54) is 25.7 Å². The Kier molecular flexibility index (Phi) is 4.40. The monoisotopic (exact) mass is 243 g/mol. The summed E-state index contributed by atoms with van der Waals surface area (Å²) in [7, 11) is 0. The van der Waals surface area contributed by atoms with Gasteiger partial charge in [-0.05, 0) is 30.7 Å². The molecule has 96 valence electrons. The third kappa shape index (κ3) is 3.13. The summed E-state index contributed by atoms with van der Waals surface area (Å²) in [5, 5.41) is 4.63. The van der Waals surface area contributed by atoms with Crippen molar-refractivity contribution in [1.82, 2.24) is 4.98 Å². The molecule has 0 aliphatic rings. The van der Waals surface area contributed by atoms with Crippen LogP contribution in [0.3, 0.4) is 0 Å². The average molecular weight is 243 g/mol. The van der Waals surface area contributed by atoms with Crippen molar-refractivity contribution < 1.29 is 0 Å². The van der Waals surface area contributed by atoms with Crippen molar-refractivity contribution in [3.63, 3.8) is 0 Å². The van der Waals surface area contributed by atoms with Gasteiger partial charge in [-0.3, -0.25) is 4.98 Å². The Hall–Kier alpha value is -1.77. The van der Waals surface area contributed by atoms with Crippen LogP contribution in [0.4, 0.5) is 11.4 Å². The number of hydrogen-bond donors (Lipinski definition) is 2. The molecule has 0 unspecified atom stereocenters. The van der Waals surface area contributed by atoms with E-state index in [2.05, 4.69) is 17.2 Å². The molecule has 1 aromatic heterocycles. The fourth-order valence-electron chi connectivity index (χ4n) is 2.09. The van der Waals surface area contributed by atoms with Gasteiger partial charge in [0.2, 0.25) is 0 Å². The number of anilines is 2. The Morgan fingerprint density at radius 3 is 2.89 bits per heavy atom. The molecule has 0 amide bonds. The van der Waals surface area contributed by atoms with Crippen LogP contribution >= 0.6 is 0 Å². The van der Waals surface area contributed by atoms with Gasteiger partial charge in [0.1, 0.15) is 0 Å². The fourth-order valence-corrected chi connectivity index (χ4v) is 2.09. The number of hydrogen-bond acceptors (Lipinski definition) is 3. The van der Waals surface area contributed by atoms with Crippen molar-refractivity contribution in [1.29, 1.82) is 0 Å². The van der Waals surface area contributed by atoms with E-state index in [9.17, 15) is 0 Å². The van der Waals surface area contributed by atoms with E-state index in [4.69, 9.17) is 5.73 Å². The minimum atomic E-state index is 0.759. The van der Waals surface area contributed by atoms with Crippen molar-refractivity contribution in [2.24, 2.45) is 0 Å². The van der Waals surface area contributed by atoms with E-state index in [0.717, 1.165) is 28.8 Å². The third-order valence-corrected chi connectivity index (χ3v) is 3.11. The first-order valence-corrected chi connectivity index (χ1v) is 6.69. The Morgan fingerprint density at radius 1 is 1.17 bits per heavy atom. The topological polar surface area (TPSA) is 50.9 Å². The first-order chi connectivity index (χ1) is 8.81. The summed E-state index contributed by atoms with van der Waals surface area (Å²) in [6.45, 7) is 3.25. The molecule has 0 saturated heterocycles. The van der Waals surface area contributed by atoms with Crippen LogP contribution in [0.2, 0.25) is 0 Å². The number of unbranched alkanes of at least 4 members (excludes halogenated alkanes) is 3. The summed E-state index contributed by atoms with van der Waals surface area (Å²) in [5.41, 5.74) is 8.63. The molecule has 3 heteroatoms. The molecule has 0 aliphatic carbocycles. The molecule has 2 rings (SSSR count). The molecule has 0 aliphatic heterocycles. The highest BCUT2D eigenvalue weighted by Gasteiger charge is 2.01. The summed E-state index contributed by atoms with van der Waals surface area (Å²) in [4.78, 5) is 4.34. The summed E-state index contributed by atoms with van der Waals surface area (Å²) >= 11 is 0. The molecule has 1 aromatic carbocycles. The summed E-state index contributed by atoms with van der Waals surface area (Å²) < 4.78 is 0. The Bertz CT molecular complexity index is 508. The smallest absolute Gasteiger partial charge is 0.0743 e. The van der Waals surface area contributed by atoms with Gasteiger partial charge in [-0.25, -0.2) is 0 Å². The number of fused-ring (bicyclic) bond motifs is 1. The largest absolute Gasteiger partial charge is 0.399 e. The molecule has 2 aromatic rings. The van der Waals surface area contributed by atoms with Gasteiger partial charge in [-0.1, -0.05) is 26.2 Å². The van der Waals surface area contributed by atoms with Gasteiger partial charge in [-0.15, -0.1) is 0 Å². The molecular weight excluding hydrogens is 222 g/mol. The van der Waals surface area contributed by atoms with Crippen molar-refractivity contribution >= 4 is 22.3 Å². The number of nitrogen functional groups attached to an aromatic ring is 1. The van der Waals surface area contributed by atoms with Gasteiger partial charge in [0.05, 0.1) is 5.52 Å². The number of nitrogens with zero attached hydrogens (tertiary/aromatic N) is 1. The molecule has 0 bridgehead atoms. The van der Waals surface area contributed by atoms with Crippen molar-refractivity contribution in [3.05, 3.63) is 30.5 Å². The van der Waals surface area contributed by atoms with Gasteiger partial charge in [-0.2, -0.15) is 0 Å². The zero-order chi connectivity index (χ0) is 12.8. The van der Waals surface area contributed by atoms with Crippen LogP contribution in [0.25, 0.3) is 10.9 Å². The summed E-state index contributed by atoms with van der Waals surface area (Å²) in [6, 6.07) is 7.90. The minimum Gasteiger partial charge on any atom is -0.399 e. The quantitative estimate of drug-likeness (QED) is 0.599. The second-order valence-electron chi connectivity index (χ2n) is 4.62. The molecule has 0 spiro atoms. The van der Waals surface area contributed by atoms with Crippen molar-refractivity contribution in [2.75, 3.05) is 17.6 Å². The highest BCUT2D eigenvalue weighted by atomic mass is 14.9. The van der Waals surface area contributed by atoms with Gasteiger partial charge in [0.25, 0.3) is 0 Å². The van der Waals surface area contributed by atoms with Crippen LogP contribution in [0.1, 0.15) is 32.6 Å². The standard InChI is InChI=1S/C15H21N3/c1-2-3-4-5-9-17-14-8-10-18-15-11-12(16)6-7-13(14)15/h6-8,10-11H,2-5,9,16H2,1H3,(H,17,18). The SMILES string of the molecule is CCCCCCNc1ccnc2cc(N)ccc12. The highest BCUT2D eigenvalue weighted by Crippen LogP contribution is 2.23. The molecular formula is C15H21N3. The average Bonchev–Trinajstić information content (AvgIpc) is 2.38. The zero-order valence-electron chi connectivity index (χ0n) is 10.9. The molecule has 18 heavy (non-hydrogen) atoms. The first kappa shape index (κ1) is 12.7. The molecule has 3 nitrogen and oxygen atoms in total. The number of aromatic nitrogens is 1. The number of rotatable bonds is 6. The second kappa shape index (κ2) is 6.24. The van der Waals surface area contributed by atoms with E-state index >= 15 is 0 Å². The first-order valence-electron chi connectivity index (χ1n) is 6.69. The lowest BCUT2D eigenvalue weighted by molar-refractivity contribution is 0.685. The maximum Gasteiger partial charge on any atom is 0.0743 e. The van der Waals surface area contributed by atoms with Crippen LogP contribution in [-0.2, 0) is 0 Å². The van der Waals surface area contributed by atoms with Gasteiger partial charge in [0, 0.05) is 29.5 Å². The Morgan fingerprint density at radius 2 is 2.06 bits per heavy atom. The lowest BCUT2D eigenvalue weighted by Crippen LogP contribution is -2.02. The van der Waals surface area contributed by atoms with Crippen LogP contribution in [0.5, 0.6) is 0 Å². The highest BCUT2D eigenvalue weighted by molar-refractivity contribution is 5.92. The van der Waals surface area contributed by atoms with E-state index in [1.807, 2.05) is 30.5 Å². The maximum absolute atomic E-state index is 5.77. The van der Waals surface area contributed by atoms with Crippen molar-refractivity contribution in [3.8, 4) is 0 Å². The predicted molar refractivity (Wildman–Crippen MR) is 78.8 cm³/mol. The van der Waals surface area contributed by atoms with Gasteiger partial charge in [0.15, 0.2) is 0 Å². The normalized spacial score (nSPS) is 10.7. The van der Waals surface area contributed by atoms with Gasteiger partial charge < -0.3 is 11.1 Å². The zero-order valence-corrected chi connectivity index (χ0v) is 10.9. The van der Waals surface area contributed by atoms with Crippen molar-refractivity contribution in [2.45, 2.75) is 32.6 Å². The second-order valence-corrected chi connectivity index (χ2v) is 4.62. The molecule has 0 radical (unpaired) electrons. The fraction of sp³-hybridized carbons (Fsp3) is 0.400. The lowest BCUT2D eigenvalue weighted by Gasteiger charge is -2.09. The van der Waals surface area contributed by atoms with Gasteiger partial charge >= 0.3 is 0 Å². The number of nitrogens with two attached hydrogens (primary N) is 1. The summed E-state index contributed by atoms with van der Waals surface area (Å²) in [5.74, 6) is 0. The lowest BCUT2D eigenvalue weighted by atomic mass is 10.1. The number of nitrogens with one attached hydrogen (secondary N) is 1.